The molecule has 4 heteroatoms. The fourth-order valence-electron chi connectivity index (χ4n) is 1.02. The second-order valence-corrected chi connectivity index (χ2v) is 2.89. The van der Waals surface area contributed by atoms with E-state index in [-0.39, 0.29) is 11.5 Å². The third kappa shape index (κ3) is 2.67. The molecule has 1 aromatic carbocycles. The van der Waals surface area contributed by atoms with Gasteiger partial charge < -0.3 is 0 Å². The maximum Gasteiger partial charge on any atom is 0.257 e. The summed E-state index contributed by atoms with van der Waals surface area (Å²) < 4.78 is 0. The van der Waals surface area contributed by atoms with Gasteiger partial charge in [-0.15, -0.1) is 0 Å². The molecule has 0 aliphatic rings. The van der Waals surface area contributed by atoms with E-state index in [1.54, 1.807) is 24.3 Å². The summed E-state index contributed by atoms with van der Waals surface area (Å²) in [6.45, 7) is 1.13. The lowest BCUT2D eigenvalue weighted by atomic mass is 10.1. The van der Waals surface area contributed by atoms with Crippen LogP contribution >= 0.6 is 0 Å². The van der Waals surface area contributed by atoms with Crippen molar-refractivity contribution in [1.82, 2.24) is 5.06 Å². The molecule has 0 atom stereocenters. The molecule has 0 spiro atoms. The van der Waals surface area contributed by atoms with Crippen molar-refractivity contribution in [3.8, 4) is 0 Å². The number of carbonyl (C=O) groups is 2. The van der Waals surface area contributed by atoms with Crippen LogP contribution in [-0.4, -0.2) is 22.1 Å². The maximum atomic E-state index is 11.2. The highest BCUT2D eigenvalue weighted by Crippen LogP contribution is 2.01. The zero-order valence-electron chi connectivity index (χ0n) is 7.80. The zero-order chi connectivity index (χ0) is 10.6. The van der Waals surface area contributed by atoms with Crippen molar-refractivity contribution in [1.29, 1.82) is 0 Å². The maximum absolute atomic E-state index is 11.2. The summed E-state index contributed by atoms with van der Waals surface area (Å²) in [5.74, 6) is -1.30. The van der Waals surface area contributed by atoms with Gasteiger partial charge in [0, 0.05) is 6.92 Å². The second-order valence-electron chi connectivity index (χ2n) is 2.89. The molecule has 1 rings (SSSR count). The lowest BCUT2D eigenvalue weighted by Gasteiger charge is -2.09. The van der Waals surface area contributed by atoms with Crippen LogP contribution in [0, 0.1) is 0 Å². The van der Waals surface area contributed by atoms with Crippen LogP contribution in [0.2, 0.25) is 0 Å². The molecule has 0 fully saturated rings. The number of hydroxylamine groups is 2. The van der Waals surface area contributed by atoms with Crippen LogP contribution in [0.25, 0.3) is 0 Å². The number of imide groups is 1. The van der Waals surface area contributed by atoms with Crippen LogP contribution in [0.3, 0.4) is 0 Å². The first-order valence-corrected chi connectivity index (χ1v) is 4.17. The Bertz CT molecular complexity index is 334. The molecule has 0 unspecified atom stereocenters. The number of nitrogens with zero attached hydrogens (tertiary/aromatic N) is 1. The molecule has 0 radical (unpaired) electrons. The number of hydrogen-bond donors (Lipinski definition) is 1. The first kappa shape index (κ1) is 10.4. The molecule has 0 aliphatic heterocycles. The molecule has 2 amide bonds. The van der Waals surface area contributed by atoms with Crippen molar-refractivity contribution in [2.45, 2.75) is 13.3 Å². The van der Waals surface area contributed by atoms with Gasteiger partial charge in [-0.1, -0.05) is 30.3 Å². The van der Waals surface area contributed by atoms with Gasteiger partial charge in [0.1, 0.15) is 0 Å². The van der Waals surface area contributed by atoms with Gasteiger partial charge in [0.15, 0.2) is 0 Å². The lowest BCUT2D eigenvalue weighted by molar-refractivity contribution is -0.176. The summed E-state index contributed by atoms with van der Waals surface area (Å²) in [5, 5.41) is 9.12. The molecule has 0 saturated heterocycles. The van der Waals surface area contributed by atoms with E-state index >= 15 is 0 Å². The molecule has 0 aliphatic carbocycles. The highest BCUT2D eigenvalue weighted by Gasteiger charge is 2.14. The van der Waals surface area contributed by atoms with E-state index in [4.69, 9.17) is 5.21 Å². The largest absolute Gasteiger partial charge is 0.279 e. The van der Waals surface area contributed by atoms with Crippen molar-refractivity contribution in [3.05, 3.63) is 35.9 Å². The summed E-state index contributed by atoms with van der Waals surface area (Å²) in [5.41, 5.74) is 0.762. The third-order valence-corrected chi connectivity index (χ3v) is 1.73. The van der Waals surface area contributed by atoms with Gasteiger partial charge in [0.25, 0.3) is 5.91 Å². The molecule has 0 bridgehead atoms. The fraction of sp³-hybridized carbons (Fsp3) is 0.200. The van der Waals surface area contributed by atoms with Gasteiger partial charge in [-0.2, -0.15) is 5.06 Å². The molecule has 4 nitrogen and oxygen atoms in total. The van der Waals surface area contributed by atoms with E-state index in [0.717, 1.165) is 12.5 Å². The molecule has 14 heavy (non-hydrogen) atoms. The molecule has 0 saturated carbocycles. The molecule has 0 heterocycles. The van der Waals surface area contributed by atoms with Crippen molar-refractivity contribution >= 4 is 11.8 Å². The first-order chi connectivity index (χ1) is 6.61. The van der Waals surface area contributed by atoms with Crippen LogP contribution in [-0.2, 0) is 16.0 Å². The number of benzene rings is 1. The Labute approximate surface area is 81.7 Å². The summed E-state index contributed by atoms with van der Waals surface area (Å²) in [4.78, 5) is 21.8. The van der Waals surface area contributed by atoms with Gasteiger partial charge in [-0.3, -0.25) is 14.8 Å². The summed E-state index contributed by atoms with van der Waals surface area (Å²) in [6.07, 6.45) is 0.0247. The Morgan fingerprint density at radius 2 is 1.86 bits per heavy atom. The van der Waals surface area contributed by atoms with Crippen LogP contribution in [0.1, 0.15) is 12.5 Å². The normalized spacial score (nSPS) is 9.57. The molecule has 0 aromatic heterocycles. The summed E-state index contributed by atoms with van der Waals surface area (Å²) in [6, 6.07) is 8.92. The van der Waals surface area contributed by atoms with Crippen molar-refractivity contribution < 1.29 is 14.8 Å². The number of amides is 2. The highest BCUT2D eigenvalue weighted by molar-refractivity contribution is 5.93. The van der Waals surface area contributed by atoms with Crippen molar-refractivity contribution in [3.63, 3.8) is 0 Å². The monoisotopic (exact) mass is 193 g/mol. The van der Waals surface area contributed by atoms with Crippen molar-refractivity contribution in [2.75, 3.05) is 0 Å². The summed E-state index contributed by atoms with van der Waals surface area (Å²) >= 11 is 0. The SMILES string of the molecule is CC(=O)N(O)C(=O)Cc1ccccc1. The van der Waals surface area contributed by atoms with E-state index in [2.05, 4.69) is 0 Å². The van der Waals surface area contributed by atoms with Gasteiger partial charge >= 0.3 is 0 Å². The Hall–Kier alpha value is -1.68. The Morgan fingerprint density at radius 1 is 1.29 bits per heavy atom. The van der Waals surface area contributed by atoms with Gasteiger partial charge in [-0.25, -0.2) is 0 Å². The number of hydrogen-bond acceptors (Lipinski definition) is 3. The topological polar surface area (TPSA) is 57.6 Å². The number of rotatable bonds is 2. The predicted octanol–water partition coefficient (Wildman–Crippen LogP) is 0.993. The average Bonchev–Trinajstić information content (AvgIpc) is 2.18. The minimum absolute atomic E-state index is 0.0247. The fourth-order valence-corrected chi connectivity index (χ4v) is 1.02. The molecular formula is C10H11NO3. The van der Waals surface area contributed by atoms with Crippen LogP contribution in [0.15, 0.2) is 30.3 Å². The van der Waals surface area contributed by atoms with E-state index < -0.39 is 11.8 Å². The third-order valence-electron chi connectivity index (χ3n) is 1.73. The van der Waals surface area contributed by atoms with Crippen LogP contribution in [0.4, 0.5) is 0 Å². The van der Waals surface area contributed by atoms with E-state index in [9.17, 15) is 9.59 Å². The molecule has 1 aromatic rings. The average molecular weight is 193 g/mol. The van der Waals surface area contributed by atoms with Crippen molar-refractivity contribution in [2.24, 2.45) is 0 Å². The molecular weight excluding hydrogens is 182 g/mol. The van der Waals surface area contributed by atoms with Gasteiger partial charge in [-0.05, 0) is 5.56 Å². The van der Waals surface area contributed by atoms with Crippen LogP contribution in [0.5, 0.6) is 0 Å². The minimum atomic E-state index is -0.675. The lowest BCUT2D eigenvalue weighted by Crippen LogP contribution is -2.32. The Morgan fingerprint density at radius 3 is 2.36 bits per heavy atom. The van der Waals surface area contributed by atoms with Gasteiger partial charge in [0.05, 0.1) is 6.42 Å². The minimum Gasteiger partial charge on any atom is -0.279 e. The van der Waals surface area contributed by atoms with Crippen LogP contribution < -0.4 is 0 Å². The smallest absolute Gasteiger partial charge is 0.257 e. The first-order valence-electron chi connectivity index (χ1n) is 4.17. The Balaban J connectivity index is 2.62. The van der Waals surface area contributed by atoms with E-state index in [1.807, 2.05) is 6.07 Å². The van der Waals surface area contributed by atoms with E-state index in [1.165, 1.54) is 0 Å². The standard InChI is InChI=1S/C10H11NO3/c1-8(12)11(14)10(13)7-9-5-3-2-4-6-9/h2-6,14H,7H2,1H3. The highest BCUT2D eigenvalue weighted by atomic mass is 16.5. The Kier molecular flexibility index (Phi) is 3.36. The number of carbonyl (C=O) groups excluding carboxylic acids is 2. The molecule has 74 valence electrons. The second kappa shape index (κ2) is 4.53. The predicted molar refractivity (Wildman–Crippen MR) is 49.5 cm³/mol. The molecule has 1 N–H and O–H groups in total. The summed E-state index contributed by atoms with van der Waals surface area (Å²) in [7, 11) is 0. The quantitative estimate of drug-likeness (QED) is 0.563. The zero-order valence-corrected chi connectivity index (χ0v) is 7.80. The van der Waals surface area contributed by atoms with Gasteiger partial charge in [0.2, 0.25) is 5.91 Å². The van der Waals surface area contributed by atoms with E-state index in [0.29, 0.717) is 0 Å².